The van der Waals surface area contributed by atoms with Crippen molar-refractivity contribution in [3.8, 4) is 0 Å². The third-order valence-electron chi connectivity index (χ3n) is 3.70. The Labute approximate surface area is 126 Å². The Kier molecular flexibility index (Phi) is 6.34. The largest absolute Gasteiger partial charge is 0.371 e. The summed E-state index contributed by atoms with van der Waals surface area (Å²) in [5.41, 5.74) is 2.66. The minimum Gasteiger partial charge on any atom is -0.371 e. The second-order valence-corrected chi connectivity index (χ2v) is 6.82. The molecule has 19 heavy (non-hydrogen) atoms. The molecule has 1 aromatic carbocycles. The van der Waals surface area contributed by atoms with Crippen molar-refractivity contribution in [1.29, 1.82) is 0 Å². The predicted molar refractivity (Wildman–Crippen MR) is 88.8 cm³/mol. The van der Waals surface area contributed by atoms with Gasteiger partial charge in [0.15, 0.2) is 0 Å². The minimum absolute atomic E-state index is 0.504. The first-order valence-corrected chi connectivity index (χ1v) is 7.86. The molecule has 0 saturated carbocycles. The zero-order valence-electron chi connectivity index (χ0n) is 13.0. The van der Waals surface area contributed by atoms with Gasteiger partial charge >= 0.3 is 0 Å². The van der Waals surface area contributed by atoms with Crippen LogP contribution in [-0.2, 0) is 6.54 Å². The summed E-state index contributed by atoms with van der Waals surface area (Å²) in [6.07, 6.45) is 0. The van der Waals surface area contributed by atoms with Crippen LogP contribution in [0.15, 0.2) is 22.7 Å². The molecule has 108 valence electrons. The second kappa shape index (κ2) is 7.30. The number of nitrogens with zero attached hydrogens (tertiary/aromatic N) is 1. The number of halogens is 1. The Bertz CT molecular complexity index is 402. The molecule has 0 amide bonds. The van der Waals surface area contributed by atoms with E-state index in [1.165, 1.54) is 11.3 Å². The average Bonchev–Trinajstić information content (AvgIpc) is 2.35. The normalized spacial score (nSPS) is 13.1. The molecule has 0 radical (unpaired) electrons. The maximum Gasteiger partial charge on any atom is 0.0423 e. The van der Waals surface area contributed by atoms with Crippen LogP contribution in [0.25, 0.3) is 0 Å². The summed E-state index contributed by atoms with van der Waals surface area (Å²) in [7, 11) is 2.19. The molecular formula is C16H27BrN2. The lowest BCUT2D eigenvalue weighted by Gasteiger charge is -2.32. The van der Waals surface area contributed by atoms with Crippen molar-refractivity contribution in [2.75, 3.05) is 11.9 Å². The summed E-state index contributed by atoms with van der Waals surface area (Å²) < 4.78 is 1.14. The van der Waals surface area contributed by atoms with Crippen molar-refractivity contribution in [2.45, 2.75) is 53.2 Å². The van der Waals surface area contributed by atoms with E-state index in [0.717, 1.165) is 11.0 Å². The molecule has 0 heterocycles. The van der Waals surface area contributed by atoms with Crippen molar-refractivity contribution in [3.05, 3.63) is 28.2 Å². The first-order chi connectivity index (χ1) is 8.82. The van der Waals surface area contributed by atoms with Crippen LogP contribution in [0, 0.1) is 5.92 Å². The van der Waals surface area contributed by atoms with Gasteiger partial charge < -0.3 is 10.2 Å². The third kappa shape index (κ3) is 4.81. The molecule has 1 rings (SSSR count). The van der Waals surface area contributed by atoms with E-state index in [9.17, 15) is 0 Å². The van der Waals surface area contributed by atoms with Crippen molar-refractivity contribution < 1.29 is 0 Å². The van der Waals surface area contributed by atoms with Crippen molar-refractivity contribution >= 4 is 21.6 Å². The molecule has 1 unspecified atom stereocenters. The quantitative estimate of drug-likeness (QED) is 0.832. The smallest absolute Gasteiger partial charge is 0.0423 e. The molecule has 1 N–H and O–H groups in total. The van der Waals surface area contributed by atoms with Gasteiger partial charge in [-0.3, -0.25) is 0 Å². The van der Waals surface area contributed by atoms with Crippen LogP contribution in [-0.4, -0.2) is 19.1 Å². The molecular weight excluding hydrogens is 300 g/mol. The number of hydrogen-bond acceptors (Lipinski definition) is 2. The molecule has 3 heteroatoms. The van der Waals surface area contributed by atoms with Crippen LogP contribution in [0.4, 0.5) is 5.69 Å². The molecule has 2 nitrogen and oxygen atoms in total. The standard InChI is InChI=1S/C16H27BrN2/c1-11(2)13(5)19(6)16-9-15(17)8-7-14(16)10-18-12(3)4/h7-9,11-13,18H,10H2,1-6H3. The zero-order chi connectivity index (χ0) is 14.6. The summed E-state index contributed by atoms with van der Waals surface area (Å²) in [4.78, 5) is 2.38. The van der Waals surface area contributed by atoms with Crippen LogP contribution in [0.5, 0.6) is 0 Å². The first kappa shape index (κ1) is 16.5. The van der Waals surface area contributed by atoms with Gasteiger partial charge in [0.1, 0.15) is 0 Å². The zero-order valence-corrected chi connectivity index (χ0v) is 14.6. The highest BCUT2D eigenvalue weighted by Crippen LogP contribution is 2.27. The van der Waals surface area contributed by atoms with Crippen LogP contribution in [0.2, 0.25) is 0 Å². The van der Waals surface area contributed by atoms with Gasteiger partial charge in [-0.05, 0) is 30.5 Å². The van der Waals surface area contributed by atoms with E-state index < -0.39 is 0 Å². The van der Waals surface area contributed by atoms with Crippen molar-refractivity contribution in [2.24, 2.45) is 5.92 Å². The first-order valence-electron chi connectivity index (χ1n) is 7.07. The number of hydrogen-bond donors (Lipinski definition) is 1. The van der Waals surface area contributed by atoms with Gasteiger partial charge in [-0.2, -0.15) is 0 Å². The summed E-state index contributed by atoms with van der Waals surface area (Å²) in [5, 5.41) is 3.50. The highest BCUT2D eigenvalue weighted by atomic mass is 79.9. The Morgan fingerprint density at radius 1 is 1.16 bits per heavy atom. The average molecular weight is 327 g/mol. The highest BCUT2D eigenvalue weighted by Gasteiger charge is 2.16. The fraction of sp³-hybridized carbons (Fsp3) is 0.625. The molecule has 0 aliphatic rings. The van der Waals surface area contributed by atoms with E-state index in [0.29, 0.717) is 18.0 Å². The highest BCUT2D eigenvalue weighted by molar-refractivity contribution is 9.10. The number of rotatable bonds is 6. The Balaban J connectivity index is 2.99. The molecule has 0 aliphatic heterocycles. The van der Waals surface area contributed by atoms with Crippen LogP contribution < -0.4 is 10.2 Å². The SMILES string of the molecule is CC(C)NCc1ccc(Br)cc1N(C)C(C)C(C)C. The van der Waals surface area contributed by atoms with Gasteiger partial charge in [0.05, 0.1) is 0 Å². The third-order valence-corrected chi connectivity index (χ3v) is 4.20. The van der Waals surface area contributed by atoms with Crippen LogP contribution in [0.1, 0.15) is 40.2 Å². The maximum absolute atomic E-state index is 3.58. The molecule has 1 atom stereocenters. The lowest BCUT2D eigenvalue weighted by Crippen LogP contribution is -2.34. The fourth-order valence-electron chi connectivity index (χ4n) is 2.00. The van der Waals surface area contributed by atoms with Crippen LogP contribution >= 0.6 is 15.9 Å². The predicted octanol–water partition coefficient (Wildman–Crippen LogP) is 4.43. The molecule has 0 spiro atoms. The van der Waals surface area contributed by atoms with Gasteiger partial charge in [0, 0.05) is 35.8 Å². The van der Waals surface area contributed by atoms with E-state index in [1.807, 2.05) is 0 Å². The molecule has 0 bridgehead atoms. The molecule has 1 aromatic rings. The van der Waals surface area contributed by atoms with E-state index in [1.54, 1.807) is 0 Å². The minimum atomic E-state index is 0.504. The second-order valence-electron chi connectivity index (χ2n) is 5.90. The lowest BCUT2D eigenvalue weighted by molar-refractivity contribution is 0.503. The maximum atomic E-state index is 3.58. The summed E-state index contributed by atoms with van der Waals surface area (Å²) >= 11 is 3.58. The van der Waals surface area contributed by atoms with Crippen molar-refractivity contribution in [1.82, 2.24) is 5.32 Å². The topological polar surface area (TPSA) is 15.3 Å². The molecule has 0 aromatic heterocycles. The Hall–Kier alpha value is -0.540. The van der Waals surface area contributed by atoms with E-state index >= 15 is 0 Å². The molecule has 0 fully saturated rings. The van der Waals surface area contributed by atoms with Crippen molar-refractivity contribution in [3.63, 3.8) is 0 Å². The summed E-state index contributed by atoms with van der Waals surface area (Å²) in [6, 6.07) is 7.57. The van der Waals surface area contributed by atoms with E-state index in [2.05, 4.69) is 86.0 Å². The van der Waals surface area contributed by atoms with Gasteiger partial charge in [0.2, 0.25) is 0 Å². The molecule has 0 saturated heterocycles. The monoisotopic (exact) mass is 326 g/mol. The van der Waals surface area contributed by atoms with Gasteiger partial charge in [-0.15, -0.1) is 0 Å². The number of nitrogens with one attached hydrogen (secondary N) is 1. The number of benzene rings is 1. The fourth-order valence-corrected chi connectivity index (χ4v) is 2.34. The number of anilines is 1. The lowest BCUT2D eigenvalue weighted by atomic mass is 10.0. The van der Waals surface area contributed by atoms with Gasteiger partial charge in [-0.25, -0.2) is 0 Å². The van der Waals surface area contributed by atoms with Crippen LogP contribution in [0.3, 0.4) is 0 Å². The summed E-state index contributed by atoms with van der Waals surface area (Å²) in [6.45, 7) is 12.1. The Morgan fingerprint density at radius 3 is 2.32 bits per heavy atom. The Morgan fingerprint density at radius 2 is 1.79 bits per heavy atom. The molecule has 0 aliphatic carbocycles. The van der Waals surface area contributed by atoms with E-state index in [-0.39, 0.29) is 0 Å². The van der Waals surface area contributed by atoms with Gasteiger partial charge in [0.25, 0.3) is 0 Å². The van der Waals surface area contributed by atoms with Gasteiger partial charge in [-0.1, -0.05) is 49.7 Å². The van der Waals surface area contributed by atoms with E-state index in [4.69, 9.17) is 0 Å². The summed E-state index contributed by atoms with van der Waals surface area (Å²) in [5.74, 6) is 0.634.